The molecular formula is C22H28N4O2. The van der Waals surface area contributed by atoms with Crippen molar-refractivity contribution in [2.45, 2.75) is 32.6 Å². The molecule has 0 bridgehead atoms. The molecule has 0 fully saturated rings. The van der Waals surface area contributed by atoms with Gasteiger partial charge in [0.25, 0.3) is 0 Å². The van der Waals surface area contributed by atoms with E-state index in [2.05, 4.69) is 29.3 Å². The molecule has 0 radical (unpaired) electrons. The van der Waals surface area contributed by atoms with Crippen molar-refractivity contribution in [1.82, 2.24) is 14.8 Å². The Hall–Kier alpha value is -2.47. The number of aromatic nitrogens is 3. The van der Waals surface area contributed by atoms with Crippen molar-refractivity contribution in [3.63, 3.8) is 0 Å². The maximum Gasteiger partial charge on any atom is 0.215 e. The van der Waals surface area contributed by atoms with Crippen molar-refractivity contribution >= 4 is 5.71 Å². The lowest BCUT2D eigenvalue weighted by Gasteiger charge is -2.31. The van der Waals surface area contributed by atoms with Gasteiger partial charge >= 0.3 is 0 Å². The first-order valence-electron chi connectivity index (χ1n) is 9.92. The third kappa shape index (κ3) is 3.49. The number of pyridine rings is 1. The Balaban J connectivity index is 1.69. The van der Waals surface area contributed by atoms with Gasteiger partial charge in [-0.2, -0.15) is 5.10 Å². The Morgan fingerprint density at radius 1 is 1.25 bits per heavy atom. The van der Waals surface area contributed by atoms with Gasteiger partial charge in [0.05, 0.1) is 32.2 Å². The third-order valence-electron chi connectivity index (χ3n) is 5.93. The molecule has 2 aromatic heterocycles. The van der Waals surface area contributed by atoms with E-state index in [0.717, 1.165) is 49.4 Å². The van der Waals surface area contributed by atoms with Crippen LogP contribution in [-0.4, -0.2) is 47.3 Å². The molecule has 4 heterocycles. The van der Waals surface area contributed by atoms with Crippen molar-refractivity contribution < 1.29 is 9.47 Å². The summed E-state index contributed by atoms with van der Waals surface area (Å²) >= 11 is 0. The SMILES string of the molecule is COc1ncc(C(C)C2CN=C(c3cnn(C)c3)C3=C2CCOCC3)cc1C. The van der Waals surface area contributed by atoms with Crippen LogP contribution in [0.15, 0.2) is 40.8 Å². The maximum atomic E-state index is 5.81. The van der Waals surface area contributed by atoms with Crippen molar-refractivity contribution in [3.8, 4) is 5.88 Å². The number of nitrogens with zero attached hydrogens (tertiary/aromatic N) is 4. The highest BCUT2D eigenvalue weighted by Gasteiger charge is 2.32. The number of dihydropyridines is 1. The van der Waals surface area contributed by atoms with Crippen LogP contribution in [0.5, 0.6) is 5.88 Å². The van der Waals surface area contributed by atoms with Gasteiger partial charge in [-0.3, -0.25) is 9.67 Å². The summed E-state index contributed by atoms with van der Waals surface area (Å²) in [4.78, 5) is 9.52. The fourth-order valence-corrected chi connectivity index (χ4v) is 4.39. The Bertz CT molecular complexity index is 928. The van der Waals surface area contributed by atoms with Crippen molar-refractivity contribution in [2.24, 2.45) is 18.0 Å². The number of hydrogen-bond acceptors (Lipinski definition) is 5. The fourth-order valence-electron chi connectivity index (χ4n) is 4.39. The van der Waals surface area contributed by atoms with E-state index in [0.29, 0.717) is 17.7 Å². The molecule has 0 spiro atoms. The molecule has 6 nitrogen and oxygen atoms in total. The normalized spacial score (nSPS) is 21.0. The van der Waals surface area contributed by atoms with Crippen molar-refractivity contribution in [1.29, 1.82) is 0 Å². The van der Waals surface area contributed by atoms with Crippen molar-refractivity contribution in [2.75, 3.05) is 26.9 Å². The van der Waals surface area contributed by atoms with Gasteiger partial charge in [-0.1, -0.05) is 12.5 Å². The number of ether oxygens (including phenoxy) is 2. The summed E-state index contributed by atoms with van der Waals surface area (Å²) in [6, 6.07) is 2.20. The number of aliphatic imine (C=N–C) groups is 1. The Labute approximate surface area is 166 Å². The van der Waals surface area contributed by atoms with E-state index in [1.54, 1.807) is 7.11 Å². The molecule has 2 aliphatic rings. The smallest absolute Gasteiger partial charge is 0.215 e. The van der Waals surface area contributed by atoms with E-state index < -0.39 is 0 Å². The summed E-state index contributed by atoms with van der Waals surface area (Å²) in [6.07, 6.45) is 7.79. The minimum Gasteiger partial charge on any atom is -0.481 e. The average molecular weight is 380 g/mol. The molecule has 6 heteroatoms. The van der Waals surface area contributed by atoms with Gasteiger partial charge in [0.1, 0.15) is 0 Å². The Kier molecular flexibility index (Phi) is 5.31. The molecule has 0 saturated carbocycles. The fraction of sp³-hybridized carbons (Fsp3) is 0.500. The third-order valence-corrected chi connectivity index (χ3v) is 5.93. The first kappa shape index (κ1) is 18.9. The summed E-state index contributed by atoms with van der Waals surface area (Å²) in [5.41, 5.74) is 7.35. The van der Waals surface area contributed by atoms with E-state index in [9.17, 15) is 0 Å². The molecule has 0 N–H and O–H groups in total. The predicted molar refractivity (Wildman–Crippen MR) is 109 cm³/mol. The van der Waals surface area contributed by atoms with Gasteiger partial charge in [-0.25, -0.2) is 4.98 Å². The molecule has 148 valence electrons. The highest BCUT2D eigenvalue weighted by atomic mass is 16.5. The monoisotopic (exact) mass is 380 g/mol. The van der Waals surface area contributed by atoms with Gasteiger partial charge in [0.15, 0.2) is 0 Å². The molecule has 0 aliphatic carbocycles. The van der Waals surface area contributed by atoms with Gasteiger partial charge < -0.3 is 9.47 Å². The quantitative estimate of drug-likeness (QED) is 0.815. The first-order chi connectivity index (χ1) is 13.6. The Morgan fingerprint density at radius 2 is 2.07 bits per heavy atom. The molecular weight excluding hydrogens is 352 g/mol. The Morgan fingerprint density at radius 3 is 2.79 bits per heavy atom. The lowest BCUT2D eigenvalue weighted by atomic mass is 9.76. The molecule has 4 rings (SSSR count). The number of rotatable bonds is 4. The van der Waals surface area contributed by atoms with E-state index in [1.807, 2.05) is 31.0 Å². The van der Waals surface area contributed by atoms with Gasteiger partial charge in [0.2, 0.25) is 5.88 Å². The summed E-state index contributed by atoms with van der Waals surface area (Å²) in [5.74, 6) is 1.39. The molecule has 2 atom stereocenters. The zero-order valence-corrected chi connectivity index (χ0v) is 17.1. The average Bonchev–Trinajstić information content (AvgIpc) is 2.98. The molecule has 0 amide bonds. The van der Waals surface area contributed by atoms with Crippen LogP contribution in [0.2, 0.25) is 0 Å². The van der Waals surface area contributed by atoms with Crippen LogP contribution in [-0.2, 0) is 11.8 Å². The largest absolute Gasteiger partial charge is 0.481 e. The highest BCUT2D eigenvalue weighted by Crippen LogP contribution is 2.39. The van der Waals surface area contributed by atoms with Gasteiger partial charge in [-0.15, -0.1) is 0 Å². The number of methoxy groups -OCH3 is 1. The second kappa shape index (κ2) is 7.87. The van der Waals surface area contributed by atoms with Crippen molar-refractivity contribution in [3.05, 3.63) is 52.5 Å². The minimum atomic E-state index is 0.333. The van der Waals surface area contributed by atoms with Crippen LogP contribution in [0.3, 0.4) is 0 Å². The number of aryl methyl sites for hydroxylation is 2. The van der Waals surface area contributed by atoms with Gasteiger partial charge in [-0.05, 0) is 42.9 Å². The highest BCUT2D eigenvalue weighted by molar-refractivity contribution is 6.13. The lowest BCUT2D eigenvalue weighted by Crippen LogP contribution is -2.26. The van der Waals surface area contributed by atoms with E-state index in [1.165, 1.54) is 16.7 Å². The van der Waals surface area contributed by atoms with Crippen LogP contribution in [0.1, 0.15) is 42.4 Å². The summed E-state index contributed by atoms with van der Waals surface area (Å²) in [5, 5.41) is 4.34. The molecule has 2 unspecified atom stereocenters. The second-order valence-electron chi connectivity index (χ2n) is 7.70. The number of hydrogen-bond donors (Lipinski definition) is 0. The second-order valence-corrected chi connectivity index (χ2v) is 7.70. The summed E-state index contributed by atoms with van der Waals surface area (Å²) in [7, 11) is 3.61. The summed E-state index contributed by atoms with van der Waals surface area (Å²) in [6.45, 7) is 6.65. The minimum absolute atomic E-state index is 0.333. The zero-order chi connectivity index (χ0) is 19.7. The maximum absolute atomic E-state index is 5.81. The standard InChI is InChI=1S/C22H28N4O2/c1-14-9-16(10-24-22(14)27-4)15(2)20-12-23-21(17-11-25-26(3)13-17)19-6-8-28-7-5-18(19)20/h9-11,13,15,20H,5-8,12H2,1-4H3. The zero-order valence-electron chi connectivity index (χ0n) is 17.1. The van der Waals surface area contributed by atoms with Crippen LogP contribution < -0.4 is 4.74 Å². The molecule has 2 aromatic rings. The van der Waals surface area contributed by atoms with E-state index in [-0.39, 0.29) is 0 Å². The molecule has 0 saturated heterocycles. The van der Waals surface area contributed by atoms with Crippen LogP contribution in [0.25, 0.3) is 0 Å². The van der Waals surface area contributed by atoms with Gasteiger partial charge in [0, 0.05) is 43.0 Å². The lowest BCUT2D eigenvalue weighted by molar-refractivity contribution is 0.145. The first-order valence-corrected chi connectivity index (χ1v) is 9.92. The van der Waals surface area contributed by atoms with Crippen LogP contribution in [0.4, 0.5) is 0 Å². The molecule has 28 heavy (non-hydrogen) atoms. The topological polar surface area (TPSA) is 61.5 Å². The van der Waals surface area contributed by atoms with E-state index in [4.69, 9.17) is 14.5 Å². The predicted octanol–water partition coefficient (Wildman–Crippen LogP) is 3.46. The molecule has 0 aromatic carbocycles. The van der Waals surface area contributed by atoms with Crippen LogP contribution >= 0.6 is 0 Å². The summed E-state index contributed by atoms with van der Waals surface area (Å²) < 4.78 is 13.0. The van der Waals surface area contributed by atoms with E-state index >= 15 is 0 Å². The molecule has 2 aliphatic heterocycles. The van der Waals surface area contributed by atoms with Crippen LogP contribution in [0, 0.1) is 12.8 Å².